The average molecular weight is 481 g/mol. The van der Waals surface area contributed by atoms with Gasteiger partial charge >= 0.3 is 12.1 Å². The summed E-state index contributed by atoms with van der Waals surface area (Å²) < 4.78 is 48.7. The molecule has 186 valence electrons. The predicted octanol–water partition coefficient (Wildman–Crippen LogP) is 5.44. The number of carbonyl (C=O) groups is 2. The second-order valence-corrected chi connectivity index (χ2v) is 8.38. The Morgan fingerprint density at radius 1 is 1.24 bits per heavy atom. The number of ketones is 1. The molecule has 1 aliphatic carbocycles. The minimum atomic E-state index is -4.48. The van der Waals surface area contributed by atoms with Crippen LogP contribution < -0.4 is 4.74 Å². The molecule has 0 saturated carbocycles. The van der Waals surface area contributed by atoms with E-state index in [1.807, 2.05) is 32.1 Å². The van der Waals surface area contributed by atoms with Crippen LogP contribution in [0.5, 0.6) is 5.75 Å². The SMILES string of the molecule is CC(C)OC(=O)CCCC=CC[C@H]1C=CC(=O)[C@@H]1C=C[C@@H](O)COc1cccc(C(F)(F)F)c1. The number of rotatable bonds is 12. The van der Waals surface area contributed by atoms with Crippen molar-refractivity contribution in [1.82, 2.24) is 0 Å². The molecule has 3 atom stereocenters. The number of alkyl halides is 3. The van der Waals surface area contributed by atoms with E-state index in [2.05, 4.69) is 0 Å². The van der Waals surface area contributed by atoms with Crippen molar-refractivity contribution < 1.29 is 37.3 Å². The van der Waals surface area contributed by atoms with Crippen LogP contribution in [0, 0.1) is 11.8 Å². The number of hydrogen-bond acceptors (Lipinski definition) is 5. The van der Waals surface area contributed by atoms with E-state index in [9.17, 15) is 27.9 Å². The predicted molar refractivity (Wildman–Crippen MR) is 122 cm³/mol. The van der Waals surface area contributed by atoms with E-state index in [4.69, 9.17) is 9.47 Å². The Morgan fingerprint density at radius 3 is 2.71 bits per heavy atom. The number of aliphatic hydroxyl groups excluding tert-OH is 1. The zero-order valence-corrected chi connectivity index (χ0v) is 19.3. The summed E-state index contributed by atoms with van der Waals surface area (Å²) in [7, 11) is 0. The summed E-state index contributed by atoms with van der Waals surface area (Å²) in [6.07, 6.45) is 7.05. The summed E-state index contributed by atoms with van der Waals surface area (Å²) in [5.74, 6) is -0.761. The maximum absolute atomic E-state index is 12.8. The Balaban J connectivity index is 1.78. The van der Waals surface area contributed by atoms with Crippen molar-refractivity contribution in [2.75, 3.05) is 6.61 Å². The van der Waals surface area contributed by atoms with Crippen molar-refractivity contribution in [3.05, 3.63) is 66.3 Å². The molecule has 0 heterocycles. The highest BCUT2D eigenvalue weighted by molar-refractivity contribution is 5.95. The molecular formula is C26H31F3O5. The van der Waals surface area contributed by atoms with Gasteiger partial charge in [0.2, 0.25) is 0 Å². The van der Waals surface area contributed by atoms with Gasteiger partial charge in [-0.15, -0.1) is 0 Å². The van der Waals surface area contributed by atoms with Gasteiger partial charge in [-0.25, -0.2) is 0 Å². The summed E-state index contributed by atoms with van der Waals surface area (Å²) >= 11 is 0. The number of ether oxygens (including phenoxy) is 2. The number of unbranched alkanes of at least 4 members (excludes halogenated alkanes) is 1. The van der Waals surface area contributed by atoms with Gasteiger partial charge in [-0.3, -0.25) is 9.59 Å². The lowest BCUT2D eigenvalue weighted by molar-refractivity contribution is -0.147. The summed E-state index contributed by atoms with van der Waals surface area (Å²) in [6, 6.07) is 4.43. The Bertz CT molecular complexity index is 902. The highest BCUT2D eigenvalue weighted by atomic mass is 19.4. The first-order valence-corrected chi connectivity index (χ1v) is 11.3. The third kappa shape index (κ3) is 9.55. The molecule has 0 spiro atoms. The van der Waals surface area contributed by atoms with Crippen molar-refractivity contribution in [2.45, 2.75) is 57.9 Å². The van der Waals surface area contributed by atoms with Gasteiger partial charge in [0.25, 0.3) is 0 Å². The van der Waals surface area contributed by atoms with Crippen LogP contribution in [0.3, 0.4) is 0 Å². The first kappa shape index (κ1) is 27.4. The molecule has 1 N–H and O–H groups in total. The van der Waals surface area contributed by atoms with Crippen molar-refractivity contribution >= 4 is 11.8 Å². The third-order valence-electron chi connectivity index (χ3n) is 5.11. The summed E-state index contributed by atoms with van der Waals surface area (Å²) in [6.45, 7) is 3.37. The Morgan fingerprint density at radius 2 is 2.00 bits per heavy atom. The molecule has 0 unspecified atom stereocenters. The largest absolute Gasteiger partial charge is 0.491 e. The quantitative estimate of drug-likeness (QED) is 0.245. The van der Waals surface area contributed by atoms with Crippen molar-refractivity contribution in [1.29, 1.82) is 0 Å². The highest BCUT2D eigenvalue weighted by Crippen LogP contribution is 2.31. The van der Waals surface area contributed by atoms with Crippen LogP contribution in [0.4, 0.5) is 13.2 Å². The van der Waals surface area contributed by atoms with E-state index < -0.39 is 23.8 Å². The van der Waals surface area contributed by atoms with Gasteiger partial charge < -0.3 is 14.6 Å². The normalized spacial score (nSPS) is 19.4. The van der Waals surface area contributed by atoms with Crippen LogP contribution in [0.1, 0.15) is 45.1 Å². The Kier molecular flexibility index (Phi) is 10.6. The summed E-state index contributed by atoms with van der Waals surface area (Å²) in [5.41, 5.74) is -0.830. The number of carbonyl (C=O) groups excluding carboxylic acids is 2. The van der Waals surface area contributed by atoms with E-state index in [1.165, 1.54) is 24.3 Å². The van der Waals surface area contributed by atoms with E-state index in [0.29, 0.717) is 19.3 Å². The maximum Gasteiger partial charge on any atom is 0.416 e. The summed E-state index contributed by atoms with van der Waals surface area (Å²) in [5, 5.41) is 10.1. The third-order valence-corrected chi connectivity index (χ3v) is 5.11. The molecule has 1 aromatic rings. The summed E-state index contributed by atoms with van der Waals surface area (Å²) in [4.78, 5) is 23.7. The molecule has 0 bridgehead atoms. The van der Waals surface area contributed by atoms with Crippen LogP contribution in [-0.2, 0) is 20.5 Å². The van der Waals surface area contributed by atoms with Gasteiger partial charge in [-0.05, 0) is 63.3 Å². The lowest BCUT2D eigenvalue weighted by Crippen LogP contribution is -2.18. The molecule has 0 saturated heterocycles. The topological polar surface area (TPSA) is 72.8 Å². The van der Waals surface area contributed by atoms with Crippen LogP contribution >= 0.6 is 0 Å². The monoisotopic (exact) mass is 480 g/mol. The highest BCUT2D eigenvalue weighted by Gasteiger charge is 2.30. The molecule has 0 aliphatic heterocycles. The molecule has 0 aromatic heterocycles. The zero-order chi connectivity index (χ0) is 25.1. The van der Waals surface area contributed by atoms with E-state index in [-0.39, 0.29) is 36.1 Å². The maximum atomic E-state index is 12.8. The van der Waals surface area contributed by atoms with Gasteiger partial charge in [0.15, 0.2) is 5.78 Å². The zero-order valence-electron chi connectivity index (χ0n) is 19.3. The average Bonchev–Trinajstić information content (AvgIpc) is 3.11. The number of hydrogen-bond donors (Lipinski definition) is 1. The Hall–Kier alpha value is -2.87. The number of allylic oxidation sites excluding steroid dienone is 5. The van der Waals surface area contributed by atoms with Crippen LogP contribution in [0.15, 0.2) is 60.7 Å². The first-order chi connectivity index (χ1) is 16.1. The van der Waals surface area contributed by atoms with Gasteiger partial charge in [0.1, 0.15) is 18.5 Å². The molecule has 0 fully saturated rings. The number of benzene rings is 1. The molecule has 8 heteroatoms. The van der Waals surface area contributed by atoms with E-state index >= 15 is 0 Å². The lowest BCUT2D eigenvalue weighted by Gasteiger charge is -2.14. The molecule has 0 amide bonds. The van der Waals surface area contributed by atoms with Crippen molar-refractivity contribution in [3.63, 3.8) is 0 Å². The van der Waals surface area contributed by atoms with Gasteiger partial charge in [-0.2, -0.15) is 13.2 Å². The van der Waals surface area contributed by atoms with Gasteiger partial charge in [0.05, 0.1) is 11.7 Å². The van der Waals surface area contributed by atoms with Crippen molar-refractivity contribution in [3.8, 4) is 5.75 Å². The molecule has 34 heavy (non-hydrogen) atoms. The van der Waals surface area contributed by atoms with Gasteiger partial charge in [0, 0.05) is 12.3 Å². The standard InChI is InChI=1S/C26H31F3O5/c1-18(2)34-25(32)11-6-4-3-5-8-19-12-15-24(31)23(19)14-13-21(30)17-33-22-10-7-9-20(16-22)26(27,28)29/h3,5,7,9-10,12-16,18-19,21,23,30H,4,6,8,11,17H2,1-2H3/t19-,21+,23+/m0/s1. The fourth-order valence-corrected chi connectivity index (χ4v) is 3.43. The van der Waals surface area contributed by atoms with Crippen LogP contribution in [0.25, 0.3) is 0 Å². The van der Waals surface area contributed by atoms with Crippen LogP contribution in [0.2, 0.25) is 0 Å². The molecular weight excluding hydrogens is 449 g/mol. The second-order valence-electron chi connectivity index (χ2n) is 8.38. The fraction of sp³-hybridized carbons (Fsp3) is 0.462. The van der Waals surface area contributed by atoms with Crippen LogP contribution in [-0.4, -0.2) is 35.7 Å². The molecule has 5 nitrogen and oxygen atoms in total. The van der Waals surface area contributed by atoms with Gasteiger partial charge in [-0.1, -0.05) is 36.4 Å². The van der Waals surface area contributed by atoms with E-state index in [1.54, 1.807) is 6.08 Å². The van der Waals surface area contributed by atoms with E-state index in [0.717, 1.165) is 18.6 Å². The number of esters is 1. The minimum absolute atomic E-state index is 0.00127. The van der Waals surface area contributed by atoms with Crippen molar-refractivity contribution in [2.24, 2.45) is 11.8 Å². The molecule has 1 aliphatic rings. The Labute approximate surface area is 197 Å². The fourth-order valence-electron chi connectivity index (χ4n) is 3.43. The second kappa shape index (κ2) is 13.1. The molecule has 1 aromatic carbocycles. The lowest BCUT2D eigenvalue weighted by atomic mass is 9.91. The number of aliphatic hydroxyl groups is 1. The number of halogens is 3. The molecule has 2 rings (SSSR count). The molecule has 0 radical (unpaired) electrons. The smallest absolute Gasteiger partial charge is 0.416 e. The first-order valence-electron chi connectivity index (χ1n) is 11.3. The minimum Gasteiger partial charge on any atom is -0.491 e.